The molecule has 1 aromatic carbocycles. The zero-order valence-corrected chi connectivity index (χ0v) is 8.44. The highest BCUT2D eigenvalue weighted by molar-refractivity contribution is 7.86. The molecule has 1 rings (SSSR count). The van der Waals surface area contributed by atoms with Gasteiger partial charge in [-0.2, -0.15) is 8.42 Å². The molecule has 0 spiro atoms. The summed E-state index contributed by atoms with van der Waals surface area (Å²) in [5.74, 6) is 0. The fourth-order valence-corrected chi connectivity index (χ4v) is 2.13. The van der Waals surface area contributed by atoms with Gasteiger partial charge >= 0.3 is 0 Å². The highest BCUT2D eigenvalue weighted by Crippen LogP contribution is 2.24. The second-order valence-corrected chi connectivity index (χ2v) is 4.54. The van der Waals surface area contributed by atoms with Gasteiger partial charge in [-0.25, -0.2) is 0 Å². The van der Waals surface area contributed by atoms with Crippen molar-refractivity contribution in [2.75, 3.05) is 0 Å². The molecule has 1 atom stereocenters. The fraction of sp³-hybridized carbons (Fsp3) is 0.200. The third-order valence-corrected chi connectivity index (χ3v) is 3.10. The number of allylic oxidation sites excluding steroid dienone is 1. The molecule has 4 heteroatoms. The van der Waals surface area contributed by atoms with Gasteiger partial charge in [0, 0.05) is 0 Å². The zero-order chi connectivity index (χ0) is 10.6. The molecule has 14 heavy (non-hydrogen) atoms. The predicted molar refractivity (Wildman–Crippen MR) is 55.5 cm³/mol. The summed E-state index contributed by atoms with van der Waals surface area (Å²) in [6, 6.07) is 8.59. The molecule has 0 saturated carbocycles. The Morgan fingerprint density at radius 2 is 1.93 bits per heavy atom. The number of benzene rings is 1. The number of hydrogen-bond donors (Lipinski definition) is 1. The van der Waals surface area contributed by atoms with E-state index in [0.29, 0.717) is 5.56 Å². The van der Waals surface area contributed by atoms with Crippen molar-refractivity contribution < 1.29 is 13.0 Å². The molecule has 76 valence electrons. The molecule has 3 nitrogen and oxygen atoms in total. The Labute approximate surface area is 83.8 Å². The highest BCUT2D eigenvalue weighted by Gasteiger charge is 2.22. The van der Waals surface area contributed by atoms with Gasteiger partial charge in [0.2, 0.25) is 0 Å². The molecular weight excluding hydrogens is 200 g/mol. The van der Waals surface area contributed by atoms with Crippen LogP contribution in [0, 0.1) is 0 Å². The Morgan fingerprint density at radius 1 is 1.36 bits per heavy atom. The van der Waals surface area contributed by atoms with E-state index in [-0.39, 0.29) is 6.42 Å². The first-order chi connectivity index (χ1) is 6.55. The van der Waals surface area contributed by atoms with Gasteiger partial charge in [0.15, 0.2) is 0 Å². The van der Waals surface area contributed by atoms with Crippen molar-refractivity contribution in [3.8, 4) is 0 Å². The van der Waals surface area contributed by atoms with Crippen molar-refractivity contribution in [2.45, 2.75) is 11.7 Å². The minimum Gasteiger partial charge on any atom is -0.285 e. The van der Waals surface area contributed by atoms with E-state index in [1.54, 1.807) is 30.3 Å². The van der Waals surface area contributed by atoms with E-state index in [9.17, 15) is 8.42 Å². The summed E-state index contributed by atoms with van der Waals surface area (Å²) in [5, 5.41) is -0.902. The van der Waals surface area contributed by atoms with Gasteiger partial charge in [-0.05, 0) is 12.0 Å². The summed E-state index contributed by atoms with van der Waals surface area (Å²) < 4.78 is 31.0. The quantitative estimate of drug-likeness (QED) is 0.615. The maximum atomic E-state index is 11.0. The smallest absolute Gasteiger partial charge is 0.272 e. The zero-order valence-electron chi connectivity index (χ0n) is 7.63. The van der Waals surface area contributed by atoms with Crippen molar-refractivity contribution in [1.29, 1.82) is 0 Å². The Bertz CT molecular complexity index is 395. The van der Waals surface area contributed by atoms with Crippen molar-refractivity contribution >= 4 is 10.1 Å². The molecule has 0 aliphatic carbocycles. The van der Waals surface area contributed by atoms with Crippen LogP contribution in [-0.2, 0) is 10.1 Å². The Balaban J connectivity index is 3.07. The molecule has 0 aromatic heterocycles. The van der Waals surface area contributed by atoms with Crippen molar-refractivity contribution in [3.05, 3.63) is 48.6 Å². The van der Waals surface area contributed by atoms with E-state index in [4.69, 9.17) is 4.55 Å². The van der Waals surface area contributed by atoms with Gasteiger partial charge in [-0.15, -0.1) is 6.58 Å². The second kappa shape index (κ2) is 4.39. The first-order valence-corrected chi connectivity index (χ1v) is 5.68. The van der Waals surface area contributed by atoms with Crippen molar-refractivity contribution in [3.63, 3.8) is 0 Å². The van der Waals surface area contributed by atoms with Crippen LogP contribution in [0.1, 0.15) is 17.2 Å². The lowest BCUT2D eigenvalue weighted by molar-refractivity contribution is 0.468. The van der Waals surface area contributed by atoms with Crippen LogP contribution in [0.2, 0.25) is 0 Å². The summed E-state index contributed by atoms with van der Waals surface area (Å²) in [7, 11) is -4.05. The molecule has 0 radical (unpaired) electrons. The molecule has 0 saturated heterocycles. The summed E-state index contributed by atoms with van der Waals surface area (Å²) in [5.41, 5.74) is 0.579. The third-order valence-electron chi connectivity index (χ3n) is 1.91. The van der Waals surface area contributed by atoms with Crippen LogP contribution in [0.25, 0.3) is 0 Å². The Hall–Kier alpha value is -1.13. The summed E-state index contributed by atoms with van der Waals surface area (Å²) in [4.78, 5) is 0. The fourth-order valence-electron chi connectivity index (χ4n) is 1.25. The average molecular weight is 212 g/mol. The van der Waals surface area contributed by atoms with Crippen LogP contribution in [0.5, 0.6) is 0 Å². The normalized spacial score (nSPS) is 13.5. The summed E-state index contributed by atoms with van der Waals surface area (Å²) >= 11 is 0. The van der Waals surface area contributed by atoms with E-state index < -0.39 is 15.4 Å². The summed E-state index contributed by atoms with van der Waals surface area (Å²) in [6.45, 7) is 3.46. The Kier molecular flexibility index (Phi) is 3.43. The molecule has 0 aliphatic rings. The van der Waals surface area contributed by atoms with Crippen LogP contribution >= 0.6 is 0 Å². The van der Waals surface area contributed by atoms with Gasteiger partial charge in [-0.3, -0.25) is 4.55 Å². The lowest BCUT2D eigenvalue weighted by Gasteiger charge is -2.11. The molecule has 0 fully saturated rings. The van der Waals surface area contributed by atoms with Gasteiger partial charge < -0.3 is 0 Å². The van der Waals surface area contributed by atoms with Crippen molar-refractivity contribution in [1.82, 2.24) is 0 Å². The molecule has 0 bridgehead atoms. The average Bonchev–Trinajstić information content (AvgIpc) is 2.14. The topological polar surface area (TPSA) is 54.4 Å². The van der Waals surface area contributed by atoms with Gasteiger partial charge in [-0.1, -0.05) is 36.4 Å². The van der Waals surface area contributed by atoms with E-state index >= 15 is 0 Å². The minimum absolute atomic E-state index is 0.211. The standard InChI is InChI=1S/C10H12O3S/c1-2-6-10(14(11,12)13)9-7-4-3-5-8-9/h2-5,7-8,10H,1,6H2,(H,11,12,13)/t10-/m1/s1. The second-order valence-electron chi connectivity index (χ2n) is 2.94. The van der Waals surface area contributed by atoms with Gasteiger partial charge in [0.25, 0.3) is 10.1 Å². The van der Waals surface area contributed by atoms with E-state index in [1.165, 1.54) is 6.08 Å². The molecule has 1 N–H and O–H groups in total. The van der Waals surface area contributed by atoms with Crippen LogP contribution < -0.4 is 0 Å². The van der Waals surface area contributed by atoms with Gasteiger partial charge in [0.1, 0.15) is 5.25 Å². The number of hydrogen-bond acceptors (Lipinski definition) is 2. The summed E-state index contributed by atoms with van der Waals surface area (Å²) in [6.07, 6.45) is 1.69. The maximum Gasteiger partial charge on any atom is 0.272 e. The number of rotatable bonds is 4. The molecule has 1 aromatic rings. The first-order valence-electron chi connectivity index (χ1n) is 4.18. The largest absolute Gasteiger partial charge is 0.285 e. The molecule has 0 heterocycles. The monoisotopic (exact) mass is 212 g/mol. The van der Waals surface area contributed by atoms with Crippen LogP contribution in [0.15, 0.2) is 43.0 Å². The molecule has 0 unspecified atom stereocenters. The van der Waals surface area contributed by atoms with Gasteiger partial charge in [0.05, 0.1) is 0 Å². The van der Waals surface area contributed by atoms with E-state index in [2.05, 4.69) is 6.58 Å². The van der Waals surface area contributed by atoms with E-state index in [0.717, 1.165) is 0 Å². The van der Waals surface area contributed by atoms with Crippen molar-refractivity contribution in [2.24, 2.45) is 0 Å². The van der Waals surface area contributed by atoms with Crippen LogP contribution in [0.3, 0.4) is 0 Å². The SMILES string of the molecule is C=CC[C@H](c1ccccc1)S(=O)(=O)O. The maximum absolute atomic E-state index is 11.0. The molecule has 0 aliphatic heterocycles. The lowest BCUT2D eigenvalue weighted by atomic mass is 10.1. The minimum atomic E-state index is -4.05. The third kappa shape index (κ3) is 2.68. The van der Waals surface area contributed by atoms with Crippen LogP contribution in [0.4, 0.5) is 0 Å². The highest BCUT2D eigenvalue weighted by atomic mass is 32.2. The molecular formula is C10H12O3S. The van der Waals surface area contributed by atoms with Crippen LogP contribution in [-0.4, -0.2) is 13.0 Å². The van der Waals surface area contributed by atoms with E-state index in [1.807, 2.05) is 0 Å². The Morgan fingerprint density at radius 3 is 2.36 bits per heavy atom. The predicted octanol–water partition coefficient (Wildman–Crippen LogP) is 2.19. The first kappa shape index (κ1) is 10.9. The lowest BCUT2D eigenvalue weighted by Crippen LogP contribution is -2.11. The molecule has 0 amide bonds.